The van der Waals surface area contributed by atoms with E-state index in [4.69, 9.17) is 5.11 Å². The van der Waals surface area contributed by atoms with Crippen LogP contribution in [0.3, 0.4) is 0 Å². The van der Waals surface area contributed by atoms with Gasteiger partial charge in [-0.2, -0.15) is 9.78 Å². The van der Waals surface area contributed by atoms with Gasteiger partial charge >= 0.3 is 5.97 Å². The number of hydrogen-bond donors (Lipinski definition) is 2. The SMILES string of the molecule is CC(C)C(NC(=O)c1ccc(=O)n(-c2ccc(F)cc2)n1)C(=O)O. The third-order valence-corrected chi connectivity index (χ3v) is 3.32. The van der Waals surface area contributed by atoms with Crippen molar-refractivity contribution >= 4 is 11.9 Å². The van der Waals surface area contributed by atoms with Crippen LogP contribution in [-0.4, -0.2) is 32.8 Å². The molecule has 0 aliphatic heterocycles. The van der Waals surface area contributed by atoms with Crippen molar-refractivity contribution in [2.45, 2.75) is 19.9 Å². The molecule has 1 amide bonds. The first-order valence-electron chi connectivity index (χ1n) is 7.19. The molecule has 0 aliphatic rings. The summed E-state index contributed by atoms with van der Waals surface area (Å²) in [5.41, 5.74) is -0.336. The monoisotopic (exact) mass is 333 g/mol. The van der Waals surface area contributed by atoms with Gasteiger partial charge in [-0.1, -0.05) is 13.8 Å². The fraction of sp³-hybridized carbons (Fsp3) is 0.250. The van der Waals surface area contributed by atoms with Crippen molar-refractivity contribution in [3.63, 3.8) is 0 Å². The van der Waals surface area contributed by atoms with Gasteiger partial charge in [-0.25, -0.2) is 9.18 Å². The summed E-state index contributed by atoms with van der Waals surface area (Å²) in [5, 5.41) is 15.4. The number of carboxylic acid groups (broad SMARTS) is 1. The van der Waals surface area contributed by atoms with Crippen molar-refractivity contribution in [3.05, 3.63) is 58.3 Å². The Kier molecular flexibility index (Phi) is 5.08. The summed E-state index contributed by atoms with van der Waals surface area (Å²) in [7, 11) is 0. The van der Waals surface area contributed by atoms with Crippen LogP contribution in [0.1, 0.15) is 24.3 Å². The lowest BCUT2D eigenvalue weighted by atomic mass is 10.0. The van der Waals surface area contributed by atoms with E-state index in [0.29, 0.717) is 0 Å². The Hall–Kier alpha value is -3.03. The number of nitrogens with one attached hydrogen (secondary N) is 1. The molecule has 0 saturated heterocycles. The highest BCUT2D eigenvalue weighted by atomic mass is 19.1. The van der Waals surface area contributed by atoms with Crippen LogP contribution in [0, 0.1) is 11.7 Å². The number of carbonyl (C=O) groups excluding carboxylic acids is 1. The van der Waals surface area contributed by atoms with Crippen LogP contribution >= 0.6 is 0 Å². The largest absolute Gasteiger partial charge is 0.480 e. The molecule has 2 aromatic rings. The highest BCUT2D eigenvalue weighted by Gasteiger charge is 2.24. The molecule has 1 unspecified atom stereocenters. The first-order valence-corrected chi connectivity index (χ1v) is 7.19. The second-order valence-corrected chi connectivity index (χ2v) is 5.48. The smallest absolute Gasteiger partial charge is 0.326 e. The van der Waals surface area contributed by atoms with Crippen LogP contribution in [0.15, 0.2) is 41.2 Å². The van der Waals surface area contributed by atoms with E-state index in [-0.39, 0.29) is 17.3 Å². The zero-order chi connectivity index (χ0) is 17.9. The van der Waals surface area contributed by atoms with E-state index in [9.17, 15) is 18.8 Å². The molecule has 8 heteroatoms. The molecule has 0 spiro atoms. The summed E-state index contributed by atoms with van der Waals surface area (Å²) < 4.78 is 13.9. The number of rotatable bonds is 5. The fourth-order valence-corrected chi connectivity index (χ4v) is 2.03. The zero-order valence-electron chi connectivity index (χ0n) is 13.1. The van der Waals surface area contributed by atoms with Crippen molar-refractivity contribution < 1.29 is 19.1 Å². The van der Waals surface area contributed by atoms with Gasteiger partial charge in [-0.15, -0.1) is 0 Å². The molecule has 2 rings (SSSR count). The molecular formula is C16H16FN3O4. The summed E-state index contributed by atoms with van der Waals surface area (Å²) in [6.45, 7) is 3.32. The van der Waals surface area contributed by atoms with Crippen LogP contribution in [0.4, 0.5) is 4.39 Å². The second kappa shape index (κ2) is 7.03. The lowest BCUT2D eigenvalue weighted by Gasteiger charge is -2.17. The first kappa shape index (κ1) is 17.3. The number of benzene rings is 1. The van der Waals surface area contributed by atoms with E-state index in [1.54, 1.807) is 13.8 Å². The summed E-state index contributed by atoms with van der Waals surface area (Å²) in [4.78, 5) is 35.3. The van der Waals surface area contributed by atoms with Crippen molar-refractivity contribution in [2.24, 2.45) is 5.92 Å². The average Bonchev–Trinajstić information content (AvgIpc) is 2.53. The van der Waals surface area contributed by atoms with Gasteiger partial charge in [0.15, 0.2) is 0 Å². The van der Waals surface area contributed by atoms with Crippen LogP contribution in [0.25, 0.3) is 5.69 Å². The Labute approximate surface area is 136 Å². The molecule has 0 aliphatic carbocycles. The highest BCUT2D eigenvalue weighted by Crippen LogP contribution is 2.07. The molecule has 1 heterocycles. The number of nitrogens with zero attached hydrogens (tertiary/aromatic N) is 2. The summed E-state index contributed by atoms with van der Waals surface area (Å²) in [5.74, 6) is -2.67. The normalized spacial score (nSPS) is 12.0. The van der Waals surface area contributed by atoms with Gasteiger partial charge in [0.1, 0.15) is 17.6 Å². The lowest BCUT2D eigenvalue weighted by molar-refractivity contribution is -0.140. The minimum atomic E-state index is -1.16. The molecule has 0 bridgehead atoms. The molecule has 1 aromatic heterocycles. The number of hydrogen-bond acceptors (Lipinski definition) is 4. The van der Waals surface area contributed by atoms with E-state index >= 15 is 0 Å². The summed E-state index contributed by atoms with van der Waals surface area (Å²) in [6, 6.07) is 6.28. The fourth-order valence-electron chi connectivity index (χ4n) is 2.03. The van der Waals surface area contributed by atoms with Gasteiger partial charge in [0.2, 0.25) is 0 Å². The topological polar surface area (TPSA) is 101 Å². The van der Waals surface area contributed by atoms with E-state index in [0.717, 1.165) is 22.9 Å². The zero-order valence-corrected chi connectivity index (χ0v) is 13.1. The predicted molar refractivity (Wildman–Crippen MR) is 83.5 cm³/mol. The van der Waals surface area contributed by atoms with Gasteiger partial charge < -0.3 is 10.4 Å². The Bertz CT molecular complexity index is 815. The second-order valence-electron chi connectivity index (χ2n) is 5.48. The maximum Gasteiger partial charge on any atom is 0.326 e. The Morgan fingerprint density at radius 1 is 1.17 bits per heavy atom. The number of carbonyl (C=O) groups is 2. The van der Waals surface area contributed by atoms with E-state index in [1.807, 2.05) is 0 Å². The van der Waals surface area contributed by atoms with Crippen molar-refractivity contribution in [1.82, 2.24) is 15.1 Å². The quantitative estimate of drug-likeness (QED) is 0.856. The van der Waals surface area contributed by atoms with Crippen molar-refractivity contribution in [3.8, 4) is 5.69 Å². The summed E-state index contributed by atoms with van der Waals surface area (Å²) in [6.07, 6.45) is 0. The molecule has 24 heavy (non-hydrogen) atoms. The standard InChI is InChI=1S/C16H16FN3O4/c1-9(2)14(16(23)24)18-15(22)12-7-8-13(21)20(19-12)11-5-3-10(17)4-6-11/h3-9,14H,1-2H3,(H,18,22)(H,23,24). The van der Waals surface area contributed by atoms with E-state index in [1.165, 1.54) is 18.2 Å². The maximum atomic E-state index is 13.0. The first-order chi connectivity index (χ1) is 11.3. The summed E-state index contributed by atoms with van der Waals surface area (Å²) >= 11 is 0. The van der Waals surface area contributed by atoms with Crippen LogP contribution in [0.5, 0.6) is 0 Å². The van der Waals surface area contributed by atoms with Gasteiger partial charge in [0.25, 0.3) is 11.5 Å². The molecular weight excluding hydrogens is 317 g/mol. The molecule has 2 N–H and O–H groups in total. The van der Waals surface area contributed by atoms with Gasteiger partial charge in [0.05, 0.1) is 5.69 Å². The number of carboxylic acids is 1. The van der Waals surface area contributed by atoms with Crippen LogP contribution in [0.2, 0.25) is 0 Å². The molecule has 1 atom stereocenters. The van der Waals surface area contributed by atoms with Crippen molar-refractivity contribution in [2.75, 3.05) is 0 Å². The Morgan fingerprint density at radius 2 is 1.79 bits per heavy atom. The van der Waals surface area contributed by atoms with Crippen LogP contribution in [-0.2, 0) is 4.79 Å². The van der Waals surface area contributed by atoms with E-state index < -0.39 is 29.3 Å². The third-order valence-electron chi connectivity index (χ3n) is 3.32. The number of halogens is 1. The van der Waals surface area contributed by atoms with Crippen LogP contribution < -0.4 is 10.9 Å². The maximum absolute atomic E-state index is 13.0. The van der Waals surface area contributed by atoms with Gasteiger partial charge in [-0.05, 0) is 36.2 Å². The molecule has 0 saturated carbocycles. The Balaban J connectivity index is 2.33. The highest BCUT2D eigenvalue weighted by molar-refractivity contribution is 5.94. The lowest BCUT2D eigenvalue weighted by Crippen LogP contribution is -2.45. The molecule has 126 valence electrons. The number of aromatic nitrogens is 2. The molecule has 7 nitrogen and oxygen atoms in total. The van der Waals surface area contributed by atoms with Gasteiger partial charge in [0, 0.05) is 6.07 Å². The minimum Gasteiger partial charge on any atom is -0.480 e. The molecule has 1 aromatic carbocycles. The average molecular weight is 333 g/mol. The predicted octanol–water partition coefficient (Wildman–Crippen LogP) is 1.21. The Morgan fingerprint density at radius 3 is 2.33 bits per heavy atom. The molecule has 0 fully saturated rings. The van der Waals surface area contributed by atoms with Gasteiger partial charge in [-0.3, -0.25) is 9.59 Å². The minimum absolute atomic E-state index is 0.120. The number of amides is 1. The third kappa shape index (κ3) is 3.83. The molecule has 0 radical (unpaired) electrons. The van der Waals surface area contributed by atoms with Crippen molar-refractivity contribution in [1.29, 1.82) is 0 Å². The van der Waals surface area contributed by atoms with E-state index in [2.05, 4.69) is 10.4 Å². The number of aliphatic carboxylic acids is 1.